The topological polar surface area (TPSA) is 83.1 Å². The van der Waals surface area contributed by atoms with E-state index in [1.807, 2.05) is 24.3 Å². The average Bonchev–Trinajstić information content (AvgIpc) is 2.75. The molecule has 7 heteroatoms. The zero-order valence-corrected chi connectivity index (χ0v) is 18.9. The predicted molar refractivity (Wildman–Crippen MR) is 123 cm³/mol. The van der Waals surface area contributed by atoms with Crippen LogP contribution in [0.2, 0.25) is 0 Å². The largest absolute Gasteiger partial charge is 0.497 e. The van der Waals surface area contributed by atoms with Crippen LogP contribution in [0.4, 0.5) is 10.5 Å². The van der Waals surface area contributed by atoms with E-state index in [0.717, 1.165) is 10.8 Å². The molecule has 3 aromatic rings. The molecular formula is C25H27NO6. The van der Waals surface area contributed by atoms with Crippen molar-refractivity contribution in [3.05, 3.63) is 54.6 Å². The van der Waals surface area contributed by atoms with Crippen molar-refractivity contribution < 1.29 is 28.5 Å². The smallest absolute Gasteiger partial charge is 0.412 e. The molecule has 3 aromatic carbocycles. The van der Waals surface area contributed by atoms with E-state index in [4.69, 9.17) is 18.9 Å². The first kappa shape index (κ1) is 22.9. The number of nitrogens with one attached hydrogen (secondary N) is 1. The van der Waals surface area contributed by atoms with Gasteiger partial charge in [-0.3, -0.25) is 10.1 Å². The number of fused-ring (bicyclic) bond motifs is 1. The summed E-state index contributed by atoms with van der Waals surface area (Å²) in [5.41, 5.74) is -0.0211. The van der Waals surface area contributed by atoms with Crippen LogP contribution < -0.4 is 19.5 Å². The van der Waals surface area contributed by atoms with E-state index in [1.165, 1.54) is 0 Å². The average molecular weight is 437 g/mol. The van der Waals surface area contributed by atoms with Crippen molar-refractivity contribution in [3.8, 4) is 23.0 Å². The van der Waals surface area contributed by atoms with E-state index < -0.39 is 11.7 Å². The zero-order valence-electron chi connectivity index (χ0n) is 18.9. The van der Waals surface area contributed by atoms with Crippen LogP contribution in [0.25, 0.3) is 10.8 Å². The van der Waals surface area contributed by atoms with Crippen molar-refractivity contribution in [3.63, 3.8) is 0 Å². The summed E-state index contributed by atoms with van der Waals surface area (Å²) < 4.78 is 22.2. The minimum atomic E-state index is -0.609. The van der Waals surface area contributed by atoms with E-state index in [9.17, 15) is 9.59 Å². The summed E-state index contributed by atoms with van der Waals surface area (Å²) in [6.45, 7) is 7.13. The van der Waals surface area contributed by atoms with Crippen LogP contribution in [0.15, 0.2) is 54.6 Å². The highest BCUT2D eigenvalue weighted by Gasteiger charge is 2.18. The lowest BCUT2D eigenvalue weighted by Gasteiger charge is -2.20. The maximum atomic E-state index is 12.3. The first-order chi connectivity index (χ1) is 15.2. The lowest BCUT2D eigenvalue weighted by atomic mass is 10.1. The third-order valence-electron chi connectivity index (χ3n) is 4.40. The van der Waals surface area contributed by atoms with Gasteiger partial charge in [-0.1, -0.05) is 31.2 Å². The Morgan fingerprint density at radius 1 is 0.906 bits per heavy atom. The zero-order chi connectivity index (χ0) is 23.3. The summed E-state index contributed by atoms with van der Waals surface area (Å²) in [7, 11) is 1.55. The maximum absolute atomic E-state index is 12.3. The standard InChI is InChI=1S/C25H27NO6/c1-6-23(27)31-21-13-11-16(29-5)15-22(21)30-20-14-12-19(17-9-7-8-10-18(17)20)26-24(28)32-25(2,3)4/h7-15H,6H2,1-5H3,(H,26,28). The van der Waals surface area contributed by atoms with Crippen LogP contribution in [-0.4, -0.2) is 24.8 Å². The second-order valence-electron chi connectivity index (χ2n) is 8.03. The van der Waals surface area contributed by atoms with Crippen molar-refractivity contribution in [1.29, 1.82) is 0 Å². The van der Waals surface area contributed by atoms with Crippen LogP contribution in [0.1, 0.15) is 34.1 Å². The van der Waals surface area contributed by atoms with Crippen LogP contribution in [-0.2, 0) is 9.53 Å². The molecule has 0 fully saturated rings. The van der Waals surface area contributed by atoms with Crippen molar-refractivity contribution in [2.45, 2.75) is 39.7 Å². The number of amides is 1. The number of rotatable bonds is 6. The molecule has 0 aliphatic heterocycles. The molecule has 1 amide bonds. The molecular weight excluding hydrogens is 410 g/mol. The van der Waals surface area contributed by atoms with E-state index in [1.54, 1.807) is 65.1 Å². The third kappa shape index (κ3) is 5.69. The van der Waals surface area contributed by atoms with E-state index >= 15 is 0 Å². The molecule has 168 valence electrons. The predicted octanol–water partition coefficient (Wildman–Crippen LogP) is 6.30. The summed E-state index contributed by atoms with van der Waals surface area (Å²) in [4.78, 5) is 24.1. The van der Waals surface area contributed by atoms with E-state index in [0.29, 0.717) is 22.9 Å². The molecule has 0 spiro atoms. The Morgan fingerprint density at radius 3 is 2.25 bits per heavy atom. The second-order valence-corrected chi connectivity index (χ2v) is 8.03. The Bertz CT molecular complexity index is 1130. The van der Waals surface area contributed by atoms with Crippen molar-refractivity contribution in [1.82, 2.24) is 0 Å². The van der Waals surface area contributed by atoms with Gasteiger partial charge in [0.15, 0.2) is 11.5 Å². The third-order valence-corrected chi connectivity index (χ3v) is 4.40. The second kappa shape index (κ2) is 9.60. The van der Waals surface area contributed by atoms with Gasteiger partial charge in [0, 0.05) is 23.3 Å². The van der Waals surface area contributed by atoms with Gasteiger partial charge in [0.25, 0.3) is 0 Å². The first-order valence-corrected chi connectivity index (χ1v) is 10.3. The highest BCUT2D eigenvalue weighted by molar-refractivity contribution is 6.02. The van der Waals surface area contributed by atoms with Crippen LogP contribution in [0.5, 0.6) is 23.0 Å². The van der Waals surface area contributed by atoms with Gasteiger partial charge in [0.05, 0.1) is 12.8 Å². The quantitative estimate of drug-likeness (QED) is 0.360. The molecule has 32 heavy (non-hydrogen) atoms. The van der Waals surface area contributed by atoms with Gasteiger partial charge in [-0.25, -0.2) is 4.79 Å². The Kier molecular flexibility index (Phi) is 6.88. The molecule has 0 aliphatic carbocycles. The fourth-order valence-electron chi connectivity index (χ4n) is 2.98. The van der Waals surface area contributed by atoms with Crippen molar-refractivity contribution in [2.24, 2.45) is 0 Å². The van der Waals surface area contributed by atoms with Gasteiger partial charge in [-0.05, 0) is 45.0 Å². The minimum Gasteiger partial charge on any atom is -0.497 e. The summed E-state index contributed by atoms with van der Waals surface area (Å²) in [5, 5.41) is 4.32. The molecule has 0 aromatic heterocycles. The molecule has 7 nitrogen and oxygen atoms in total. The van der Waals surface area contributed by atoms with Gasteiger partial charge < -0.3 is 18.9 Å². The summed E-state index contributed by atoms with van der Waals surface area (Å²) in [6.07, 6.45) is -0.308. The molecule has 3 rings (SSSR count). The fraction of sp³-hybridized carbons (Fsp3) is 0.280. The number of esters is 1. The van der Waals surface area contributed by atoms with E-state index in [-0.39, 0.29) is 18.1 Å². The van der Waals surface area contributed by atoms with Crippen molar-refractivity contribution in [2.75, 3.05) is 12.4 Å². The number of hydrogen-bond donors (Lipinski definition) is 1. The summed E-state index contributed by atoms with van der Waals surface area (Å²) in [6, 6.07) is 15.9. The van der Waals surface area contributed by atoms with Gasteiger partial charge in [0.2, 0.25) is 0 Å². The lowest BCUT2D eigenvalue weighted by Crippen LogP contribution is -2.27. The minimum absolute atomic E-state index is 0.236. The first-order valence-electron chi connectivity index (χ1n) is 10.3. The monoisotopic (exact) mass is 437 g/mol. The fourth-order valence-corrected chi connectivity index (χ4v) is 2.98. The highest BCUT2D eigenvalue weighted by atomic mass is 16.6. The number of anilines is 1. The number of methoxy groups -OCH3 is 1. The molecule has 0 aliphatic rings. The number of benzene rings is 3. The normalized spacial score (nSPS) is 11.0. The number of carbonyl (C=O) groups is 2. The Balaban J connectivity index is 1.97. The molecule has 0 saturated heterocycles. The Morgan fingerprint density at radius 2 is 1.59 bits per heavy atom. The van der Waals surface area contributed by atoms with Gasteiger partial charge >= 0.3 is 12.1 Å². The van der Waals surface area contributed by atoms with Crippen LogP contribution in [0.3, 0.4) is 0 Å². The molecule has 0 heterocycles. The van der Waals surface area contributed by atoms with Crippen molar-refractivity contribution >= 4 is 28.5 Å². The number of hydrogen-bond acceptors (Lipinski definition) is 6. The Hall–Kier alpha value is -3.74. The van der Waals surface area contributed by atoms with Crippen LogP contribution in [0, 0.1) is 0 Å². The molecule has 0 unspecified atom stereocenters. The summed E-state index contributed by atoms with van der Waals surface area (Å²) in [5.74, 6) is 1.34. The van der Waals surface area contributed by atoms with E-state index in [2.05, 4.69) is 5.32 Å². The van der Waals surface area contributed by atoms with Gasteiger partial charge in [0.1, 0.15) is 17.1 Å². The lowest BCUT2D eigenvalue weighted by molar-refractivity contribution is -0.134. The number of carbonyl (C=O) groups excluding carboxylic acids is 2. The number of ether oxygens (including phenoxy) is 4. The molecule has 1 N–H and O–H groups in total. The maximum Gasteiger partial charge on any atom is 0.412 e. The molecule has 0 atom stereocenters. The van der Waals surface area contributed by atoms with Gasteiger partial charge in [-0.2, -0.15) is 0 Å². The highest BCUT2D eigenvalue weighted by Crippen LogP contribution is 2.39. The molecule has 0 bridgehead atoms. The summed E-state index contributed by atoms with van der Waals surface area (Å²) >= 11 is 0. The van der Waals surface area contributed by atoms with Crippen LogP contribution >= 0.6 is 0 Å². The molecule has 0 saturated carbocycles. The Labute approximate surface area is 187 Å². The SMILES string of the molecule is CCC(=O)Oc1ccc(OC)cc1Oc1ccc(NC(=O)OC(C)(C)C)c2ccccc12. The molecule has 0 radical (unpaired) electrons. The van der Waals surface area contributed by atoms with Gasteiger partial charge in [-0.15, -0.1) is 0 Å².